The van der Waals surface area contributed by atoms with Gasteiger partial charge in [-0.2, -0.15) is 5.10 Å². The molecule has 1 aromatic carbocycles. The first-order valence-electron chi connectivity index (χ1n) is 9.56. The summed E-state index contributed by atoms with van der Waals surface area (Å²) in [6, 6.07) is 10.9. The minimum atomic E-state index is -0.439. The van der Waals surface area contributed by atoms with Gasteiger partial charge in [0.1, 0.15) is 11.3 Å². The van der Waals surface area contributed by atoms with Gasteiger partial charge in [0.15, 0.2) is 5.52 Å². The van der Waals surface area contributed by atoms with Crippen molar-refractivity contribution in [2.24, 2.45) is 0 Å². The molecule has 4 aromatic rings. The molecular formula is C20H20ClN7O2. The summed E-state index contributed by atoms with van der Waals surface area (Å²) in [5.41, 5.74) is 2.14. The normalized spacial score (nSPS) is 19.1. The standard InChI is InChI=1S/C20H20ClN7O2/c1-22-15-9-26(11-17(15)29)18-7-6-14(8-23-18)28-20(30)19-16(24-28)10-27(25-19)13-4-2-12(21)3-5-13/h2-8,10,15,17,22,24,29H,9,11H2,1H3/t15-,17-/m1/s1. The number of likely N-dealkylation sites (N-methyl/N-ethyl adjacent to an activating group) is 1. The van der Waals surface area contributed by atoms with Crippen molar-refractivity contribution in [2.75, 3.05) is 25.0 Å². The minimum absolute atomic E-state index is 0.0150. The molecule has 1 aliphatic heterocycles. The second kappa shape index (κ2) is 7.28. The van der Waals surface area contributed by atoms with Crippen molar-refractivity contribution in [3.8, 4) is 11.4 Å². The highest BCUT2D eigenvalue weighted by molar-refractivity contribution is 6.30. The van der Waals surface area contributed by atoms with Crippen LogP contribution < -0.4 is 15.8 Å². The van der Waals surface area contributed by atoms with Crippen molar-refractivity contribution in [1.82, 2.24) is 29.9 Å². The van der Waals surface area contributed by atoms with Gasteiger partial charge in [-0.3, -0.25) is 9.89 Å². The topological polar surface area (TPSA) is 104 Å². The largest absolute Gasteiger partial charge is 0.390 e. The van der Waals surface area contributed by atoms with Crippen LogP contribution >= 0.6 is 11.6 Å². The lowest BCUT2D eigenvalue weighted by molar-refractivity contribution is 0.168. The number of benzene rings is 1. The Balaban J connectivity index is 1.42. The molecule has 1 saturated heterocycles. The van der Waals surface area contributed by atoms with Crippen LogP contribution in [-0.2, 0) is 0 Å². The molecule has 0 unspecified atom stereocenters. The molecule has 30 heavy (non-hydrogen) atoms. The fourth-order valence-corrected chi connectivity index (χ4v) is 3.88. The maximum absolute atomic E-state index is 12.8. The number of aromatic amines is 1. The van der Waals surface area contributed by atoms with Crippen LogP contribution in [-0.4, -0.2) is 61.9 Å². The number of aliphatic hydroxyl groups is 1. The highest BCUT2D eigenvalue weighted by atomic mass is 35.5. The van der Waals surface area contributed by atoms with Crippen LogP contribution in [0, 0.1) is 0 Å². The summed E-state index contributed by atoms with van der Waals surface area (Å²) in [6.07, 6.45) is 2.96. The molecule has 0 aliphatic carbocycles. The van der Waals surface area contributed by atoms with Crippen molar-refractivity contribution in [3.05, 3.63) is 64.2 Å². The molecule has 0 bridgehead atoms. The van der Waals surface area contributed by atoms with E-state index in [2.05, 4.69) is 20.5 Å². The maximum atomic E-state index is 12.8. The van der Waals surface area contributed by atoms with Crippen molar-refractivity contribution in [2.45, 2.75) is 12.1 Å². The van der Waals surface area contributed by atoms with Crippen molar-refractivity contribution in [1.29, 1.82) is 0 Å². The Morgan fingerprint density at radius 1 is 1.17 bits per heavy atom. The molecule has 1 fully saturated rings. The van der Waals surface area contributed by atoms with Crippen LogP contribution in [0.15, 0.2) is 53.6 Å². The van der Waals surface area contributed by atoms with Crippen LogP contribution in [0.1, 0.15) is 0 Å². The number of aliphatic hydroxyl groups excluding tert-OH is 1. The second-order valence-corrected chi connectivity index (χ2v) is 7.74. The van der Waals surface area contributed by atoms with Gasteiger partial charge in [-0.1, -0.05) is 11.6 Å². The third-order valence-electron chi connectivity index (χ3n) is 5.42. The lowest BCUT2D eigenvalue weighted by Gasteiger charge is -2.17. The van der Waals surface area contributed by atoms with Gasteiger partial charge >= 0.3 is 0 Å². The number of aromatic nitrogens is 5. The Bertz CT molecular complexity index is 1240. The van der Waals surface area contributed by atoms with Gasteiger partial charge < -0.3 is 15.3 Å². The molecule has 10 heteroatoms. The van der Waals surface area contributed by atoms with Crippen molar-refractivity contribution >= 4 is 28.5 Å². The first-order chi connectivity index (χ1) is 14.5. The van der Waals surface area contributed by atoms with Gasteiger partial charge in [0.25, 0.3) is 5.56 Å². The highest BCUT2D eigenvalue weighted by Gasteiger charge is 2.30. The highest BCUT2D eigenvalue weighted by Crippen LogP contribution is 2.20. The number of fused-ring (bicyclic) bond motifs is 1. The third kappa shape index (κ3) is 3.17. The summed E-state index contributed by atoms with van der Waals surface area (Å²) >= 11 is 5.93. The predicted octanol–water partition coefficient (Wildman–Crippen LogP) is 1.32. The van der Waals surface area contributed by atoms with E-state index < -0.39 is 6.10 Å². The van der Waals surface area contributed by atoms with E-state index in [-0.39, 0.29) is 11.6 Å². The van der Waals surface area contributed by atoms with Crippen LogP contribution in [0.4, 0.5) is 5.82 Å². The van der Waals surface area contributed by atoms with Gasteiger partial charge in [0, 0.05) is 18.1 Å². The zero-order chi connectivity index (χ0) is 20.8. The number of β-amino-alcohol motifs (C(OH)–C–C–N with tert-alkyl or cyclic N) is 1. The number of pyridine rings is 1. The number of halogens is 1. The predicted molar refractivity (Wildman–Crippen MR) is 115 cm³/mol. The van der Waals surface area contributed by atoms with Gasteiger partial charge in [-0.05, 0) is 43.4 Å². The van der Waals surface area contributed by atoms with E-state index in [1.54, 1.807) is 29.2 Å². The summed E-state index contributed by atoms with van der Waals surface area (Å²) in [6.45, 7) is 1.19. The van der Waals surface area contributed by atoms with Crippen molar-refractivity contribution < 1.29 is 5.11 Å². The molecule has 3 aromatic heterocycles. The van der Waals surface area contributed by atoms with E-state index in [0.717, 1.165) is 11.5 Å². The fraction of sp³-hybridized carbons (Fsp3) is 0.250. The summed E-state index contributed by atoms with van der Waals surface area (Å²) in [5.74, 6) is 0.757. The first kappa shape index (κ1) is 18.9. The van der Waals surface area contributed by atoms with Crippen LogP contribution in [0.3, 0.4) is 0 Å². The van der Waals surface area contributed by atoms with Crippen molar-refractivity contribution in [3.63, 3.8) is 0 Å². The number of rotatable bonds is 4. The van der Waals surface area contributed by atoms with Crippen LogP contribution in [0.5, 0.6) is 0 Å². The summed E-state index contributed by atoms with van der Waals surface area (Å²) < 4.78 is 3.07. The molecule has 9 nitrogen and oxygen atoms in total. The number of hydrogen-bond acceptors (Lipinski definition) is 6. The molecule has 154 valence electrons. The zero-order valence-electron chi connectivity index (χ0n) is 16.2. The van der Waals surface area contributed by atoms with E-state index in [1.165, 1.54) is 4.68 Å². The molecule has 3 N–H and O–H groups in total. The maximum Gasteiger partial charge on any atom is 0.299 e. The van der Waals surface area contributed by atoms with Crippen LogP contribution in [0.2, 0.25) is 5.02 Å². The van der Waals surface area contributed by atoms with Gasteiger partial charge in [-0.25, -0.2) is 14.3 Å². The molecule has 2 atom stereocenters. The molecule has 0 spiro atoms. The van der Waals surface area contributed by atoms with Crippen LogP contribution in [0.25, 0.3) is 22.4 Å². The van der Waals surface area contributed by atoms with E-state index in [1.807, 2.05) is 36.2 Å². The molecule has 1 aliphatic rings. The van der Waals surface area contributed by atoms with E-state index in [4.69, 9.17) is 11.6 Å². The Morgan fingerprint density at radius 2 is 1.93 bits per heavy atom. The lowest BCUT2D eigenvalue weighted by atomic mass is 10.2. The number of nitrogens with one attached hydrogen (secondary N) is 2. The number of anilines is 1. The Hall–Kier alpha value is -3.14. The summed E-state index contributed by atoms with van der Waals surface area (Å²) in [4.78, 5) is 19.3. The first-order valence-corrected chi connectivity index (χ1v) is 9.94. The van der Waals surface area contributed by atoms with Gasteiger partial charge in [0.2, 0.25) is 0 Å². The fourth-order valence-electron chi connectivity index (χ4n) is 3.75. The molecular weight excluding hydrogens is 406 g/mol. The molecule has 4 heterocycles. The van der Waals surface area contributed by atoms with E-state index in [0.29, 0.717) is 34.8 Å². The quantitative estimate of drug-likeness (QED) is 0.455. The zero-order valence-corrected chi connectivity index (χ0v) is 16.9. The number of H-pyrrole nitrogens is 1. The Morgan fingerprint density at radius 3 is 2.57 bits per heavy atom. The number of nitrogens with zero attached hydrogens (tertiary/aromatic N) is 5. The van der Waals surface area contributed by atoms with E-state index >= 15 is 0 Å². The smallest absolute Gasteiger partial charge is 0.299 e. The summed E-state index contributed by atoms with van der Waals surface area (Å²) in [5, 5.41) is 21.3. The van der Waals surface area contributed by atoms with E-state index in [9.17, 15) is 9.90 Å². The van der Waals surface area contributed by atoms with Gasteiger partial charge in [-0.15, -0.1) is 0 Å². The average molecular weight is 426 g/mol. The number of hydrogen-bond donors (Lipinski definition) is 3. The SMILES string of the molecule is CN[C@@H]1CN(c2ccc(-n3[nH]c4cn(-c5ccc(Cl)cc5)nc4c3=O)cn2)C[C@H]1O. The Labute approximate surface area is 176 Å². The molecule has 0 amide bonds. The monoisotopic (exact) mass is 425 g/mol. The molecule has 0 saturated carbocycles. The van der Waals surface area contributed by atoms with Gasteiger partial charge in [0.05, 0.1) is 35.9 Å². The second-order valence-electron chi connectivity index (χ2n) is 7.31. The molecule has 5 rings (SSSR count). The lowest BCUT2D eigenvalue weighted by Crippen LogP contribution is -2.36. The Kier molecular flexibility index (Phi) is 4.58. The average Bonchev–Trinajstić information content (AvgIpc) is 3.43. The third-order valence-corrected chi connectivity index (χ3v) is 5.67. The minimum Gasteiger partial charge on any atom is -0.390 e. The summed E-state index contributed by atoms with van der Waals surface area (Å²) in [7, 11) is 1.83. The molecule has 0 radical (unpaired) electrons.